The van der Waals surface area contributed by atoms with Crippen LogP contribution in [0, 0.1) is 11.3 Å². The van der Waals surface area contributed by atoms with Crippen LogP contribution in [0.4, 0.5) is 0 Å². The van der Waals surface area contributed by atoms with Crippen LogP contribution in [0.3, 0.4) is 0 Å². The summed E-state index contributed by atoms with van der Waals surface area (Å²) >= 11 is 0. The third-order valence-corrected chi connectivity index (χ3v) is 1.37. The first kappa shape index (κ1) is 6.82. The topological polar surface area (TPSA) is 23.8 Å². The fraction of sp³-hybridized carbons (Fsp3) is 0.222. The van der Waals surface area contributed by atoms with Crippen molar-refractivity contribution in [1.29, 1.82) is 5.26 Å². The molecule has 0 radical (unpaired) electrons. The van der Waals surface area contributed by atoms with Gasteiger partial charge in [-0.1, -0.05) is 30.3 Å². The largest absolute Gasteiger partial charge is 0.198 e. The van der Waals surface area contributed by atoms with E-state index in [2.05, 4.69) is 6.07 Å². The number of hydrogen-bond acceptors (Lipinski definition) is 1. The number of nitrogens with zero attached hydrogens (tertiary/aromatic N) is 1. The molecule has 0 spiro atoms. The average molecular weight is 133 g/mol. The second-order valence-corrected chi connectivity index (χ2v) is 2.14. The monoisotopic (exact) mass is 133 g/mol. The molecule has 1 aromatic carbocycles. The molecule has 0 amide bonds. The molecule has 50 valence electrons. The van der Waals surface area contributed by atoms with Gasteiger partial charge in [0, 0.05) is 6.42 Å². The average Bonchev–Trinajstić information content (AvgIpc) is 2.03. The molecule has 1 aromatic rings. The first-order valence-electron chi connectivity index (χ1n) is 3.34. The van der Waals surface area contributed by atoms with Crippen LogP contribution < -0.4 is 0 Å². The SMILES string of the molecule is N#[14C]CCc1ccccc1. The van der Waals surface area contributed by atoms with Crippen molar-refractivity contribution in [2.45, 2.75) is 12.8 Å². The molecule has 0 atom stereocenters. The summed E-state index contributed by atoms with van der Waals surface area (Å²) in [6, 6.07) is 12.2. The van der Waals surface area contributed by atoms with E-state index in [0.29, 0.717) is 6.42 Å². The summed E-state index contributed by atoms with van der Waals surface area (Å²) < 4.78 is 0. The zero-order valence-electron chi connectivity index (χ0n) is 5.75. The van der Waals surface area contributed by atoms with Crippen molar-refractivity contribution >= 4 is 0 Å². The van der Waals surface area contributed by atoms with E-state index in [0.717, 1.165) is 6.42 Å². The van der Waals surface area contributed by atoms with Gasteiger partial charge in [0.2, 0.25) is 0 Å². The summed E-state index contributed by atoms with van der Waals surface area (Å²) in [4.78, 5) is 0. The van der Waals surface area contributed by atoms with Crippen LogP contribution in [0.1, 0.15) is 12.0 Å². The van der Waals surface area contributed by atoms with Crippen LogP contribution in [-0.2, 0) is 6.42 Å². The highest BCUT2D eigenvalue weighted by atomic mass is 14.8. The summed E-state index contributed by atoms with van der Waals surface area (Å²) in [5.41, 5.74) is 1.24. The van der Waals surface area contributed by atoms with Gasteiger partial charge >= 0.3 is 0 Å². The van der Waals surface area contributed by atoms with Gasteiger partial charge in [0.1, 0.15) is 0 Å². The summed E-state index contributed by atoms with van der Waals surface area (Å²) in [5, 5.41) is 8.28. The van der Waals surface area contributed by atoms with E-state index in [-0.39, 0.29) is 0 Å². The Morgan fingerprint density at radius 1 is 1.20 bits per heavy atom. The summed E-state index contributed by atoms with van der Waals surface area (Å²) in [5.74, 6) is 0. The zero-order valence-corrected chi connectivity index (χ0v) is 5.75. The second-order valence-electron chi connectivity index (χ2n) is 2.14. The Kier molecular flexibility index (Phi) is 2.51. The molecule has 1 rings (SSSR count). The predicted molar refractivity (Wildman–Crippen MR) is 40.4 cm³/mol. The molecule has 0 N–H and O–H groups in total. The Bertz CT molecular complexity index is 220. The molecular formula is C9H9N. The molecule has 10 heavy (non-hydrogen) atoms. The molecule has 0 saturated heterocycles. The zero-order chi connectivity index (χ0) is 7.23. The van der Waals surface area contributed by atoms with Gasteiger partial charge in [0.15, 0.2) is 0 Å². The van der Waals surface area contributed by atoms with Crippen LogP contribution >= 0.6 is 0 Å². The molecule has 0 aliphatic rings. The molecule has 0 fully saturated rings. The fourth-order valence-electron chi connectivity index (χ4n) is 0.845. The molecule has 0 aromatic heterocycles. The fourth-order valence-corrected chi connectivity index (χ4v) is 0.845. The predicted octanol–water partition coefficient (Wildman–Crippen LogP) is 2.14. The standard InChI is InChI=1S/C9H9N/c10-8-4-7-9-5-2-1-3-6-9/h1-3,5-6H,4,7H2/i8+2. The maximum Gasteiger partial charge on any atom is 0.0625 e. The van der Waals surface area contributed by atoms with Gasteiger partial charge in [-0.2, -0.15) is 5.26 Å². The van der Waals surface area contributed by atoms with Crippen LogP contribution in [0.5, 0.6) is 0 Å². The second kappa shape index (κ2) is 3.68. The molecule has 0 bridgehead atoms. The molecule has 0 saturated carbocycles. The molecular weight excluding hydrogens is 124 g/mol. The van der Waals surface area contributed by atoms with Gasteiger partial charge in [-0.15, -0.1) is 0 Å². The Hall–Kier alpha value is -1.29. The van der Waals surface area contributed by atoms with Crippen molar-refractivity contribution in [1.82, 2.24) is 0 Å². The summed E-state index contributed by atoms with van der Waals surface area (Å²) in [6.45, 7) is 0. The lowest BCUT2D eigenvalue weighted by molar-refractivity contribution is 1.01. The van der Waals surface area contributed by atoms with E-state index in [1.54, 1.807) is 0 Å². The van der Waals surface area contributed by atoms with Crippen molar-refractivity contribution in [2.24, 2.45) is 0 Å². The Morgan fingerprint density at radius 3 is 2.50 bits per heavy atom. The minimum absolute atomic E-state index is 0.615. The van der Waals surface area contributed by atoms with Gasteiger partial charge < -0.3 is 0 Å². The number of nitriles is 1. The number of rotatable bonds is 2. The van der Waals surface area contributed by atoms with Crippen LogP contribution in [0.25, 0.3) is 0 Å². The van der Waals surface area contributed by atoms with E-state index < -0.39 is 0 Å². The summed E-state index contributed by atoms with van der Waals surface area (Å²) in [6.07, 6.45) is 1.49. The Morgan fingerprint density at radius 2 is 1.90 bits per heavy atom. The highest BCUT2D eigenvalue weighted by Gasteiger charge is 1.87. The van der Waals surface area contributed by atoms with Crippen LogP contribution in [0.15, 0.2) is 30.3 Å². The summed E-state index contributed by atoms with van der Waals surface area (Å²) in [7, 11) is 0. The Balaban J connectivity index is 2.52. The van der Waals surface area contributed by atoms with Crippen LogP contribution in [0.2, 0.25) is 0 Å². The minimum Gasteiger partial charge on any atom is -0.198 e. The maximum absolute atomic E-state index is 8.28. The molecule has 0 heterocycles. The van der Waals surface area contributed by atoms with Crippen molar-refractivity contribution in [2.75, 3.05) is 0 Å². The van der Waals surface area contributed by atoms with E-state index >= 15 is 0 Å². The van der Waals surface area contributed by atoms with Gasteiger partial charge in [-0.3, -0.25) is 0 Å². The lowest BCUT2D eigenvalue weighted by Crippen LogP contribution is -1.80. The molecule has 1 nitrogen and oxygen atoms in total. The highest BCUT2D eigenvalue weighted by Crippen LogP contribution is 2.00. The number of hydrogen-bond donors (Lipinski definition) is 0. The van der Waals surface area contributed by atoms with E-state index in [1.165, 1.54) is 5.56 Å². The smallest absolute Gasteiger partial charge is 0.0625 e. The van der Waals surface area contributed by atoms with Crippen molar-refractivity contribution in [3.05, 3.63) is 35.9 Å². The van der Waals surface area contributed by atoms with Gasteiger partial charge in [0.05, 0.1) is 6.07 Å². The van der Waals surface area contributed by atoms with Crippen LogP contribution in [-0.4, -0.2) is 0 Å². The van der Waals surface area contributed by atoms with E-state index in [1.807, 2.05) is 30.3 Å². The molecule has 0 aliphatic carbocycles. The van der Waals surface area contributed by atoms with Gasteiger partial charge in [0.25, 0.3) is 0 Å². The van der Waals surface area contributed by atoms with Gasteiger partial charge in [-0.05, 0) is 12.0 Å². The Labute approximate surface area is 60.9 Å². The lowest BCUT2D eigenvalue weighted by atomic mass is 10.2. The van der Waals surface area contributed by atoms with Crippen molar-refractivity contribution < 1.29 is 0 Å². The van der Waals surface area contributed by atoms with E-state index in [4.69, 9.17) is 5.26 Å². The van der Waals surface area contributed by atoms with Gasteiger partial charge in [-0.25, -0.2) is 0 Å². The van der Waals surface area contributed by atoms with Crippen molar-refractivity contribution in [3.8, 4) is 6.07 Å². The third-order valence-electron chi connectivity index (χ3n) is 1.37. The number of benzene rings is 1. The minimum atomic E-state index is 0.615. The quantitative estimate of drug-likeness (QED) is 0.606. The third kappa shape index (κ3) is 1.91. The lowest BCUT2D eigenvalue weighted by Gasteiger charge is -1.92. The highest BCUT2D eigenvalue weighted by molar-refractivity contribution is 5.15. The normalized spacial score (nSPS) is 8.70. The van der Waals surface area contributed by atoms with Crippen molar-refractivity contribution in [3.63, 3.8) is 0 Å². The van der Waals surface area contributed by atoms with E-state index in [9.17, 15) is 0 Å². The first-order chi connectivity index (χ1) is 4.93. The first-order valence-corrected chi connectivity index (χ1v) is 3.34. The number of aryl methyl sites for hydroxylation is 1. The molecule has 0 aliphatic heterocycles. The molecule has 1 heteroatoms. The molecule has 0 unspecified atom stereocenters. The maximum atomic E-state index is 8.28.